The van der Waals surface area contributed by atoms with E-state index in [1.807, 2.05) is 6.20 Å². The van der Waals surface area contributed by atoms with Gasteiger partial charge in [-0.2, -0.15) is 0 Å². The van der Waals surface area contributed by atoms with Crippen molar-refractivity contribution in [2.24, 2.45) is 11.7 Å². The molecule has 3 heteroatoms. The van der Waals surface area contributed by atoms with Gasteiger partial charge in [0.25, 0.3) is 0 Å². The SMILES string of the molecule is CCOC1(C(N)Cc2ccc(CC)cn2)CCC(C)CC1. The Labute approximate surface area is 129 Å². The molecule has 0 bridgehead atoms. The van der Waals surface area contributed by atoms with Crippen molar-refractivity contribution in [1.29, 1.82) is 0 Å². The summed E-state index contributed by atoms with van der Waals surface area (Å²) in [6.07, 6.45) is 8.40. The summed E-state index contributed by atoms with van der Waals surface area (Å²) in [5, 5.41) is 0. The third-order valence-corrected chi connectivity index (χ3v) is 4.95. The number of nitrogens with zero attached hydrogens (tertiary/aromatic N) is 1. The molecule has 0 radical (unpaired) electrons. The third kappa shape index (κ3) is 4.04. The van der Waals surface area contributed by atoms with Crippen molar-refractivity contribution in [3.63, 3.8) is 0 Å². The third-order valence-electron chi connectivity index (χ3n) is 4.95. The van der Waals surface area contributed by atoms with Crippen molar-refractivity contribution in [2.45, 2.75) is 70.9 Å². The smallest absolute Gasteiger partial charge is 0.0836 e. The van der Waals surface area contributed by atoms with Gasteiger partial charge in [0.2, 0.25) is 0 Å². The minimum atomic E-state index is -0.146. The van der Waals surface area contributed by atoms with E-state index >= 15 is 0 Å². The molecule has 0 saturated heterocycles. The van der Waals surface area contributed by atoms with Gasteiger partial charge in [-0.25, -0.2) is 0 Å². The van der Waals surface area contributed by atoms with Crippen LogP contribution in [-0.2, 0) is 17.6 Å². The maximum absolute atomic E-state index is 6.55. The number of pyridine rings is 1. The second kappa shape index (κ2) is 7.37. The highest BCUT2D eigenvalue weighted by atomic mass is 16.5. The fourth-order valence-corrected chi connectivity index (χ4v) is 3.36. The van der Waals surface area contributed by atoms with Crippen LogP contribution in [0.2, 0.25) is 0 Å². The fourth-order valence-electron chi connectivity index (χ4n) is 3.36. The summed E-state index contributed by atoms with van der Waals surface area (Å²) in [6, 6.07) is 4.31. The van der Waals surface area contributed by atoms with Crippen LogP contribution in [0.1, 0.15) is 57.7 Å². The Hall–Kier alpha value is -0.930. The standard InChI is InChI=1S/C18H30N2O/c1-4-15-6-7-16(20-13-15)12-17(19)18(21-5-2)10-8-14(3)9-11-18/h6-7,13-14,17H,4-5,8-12,19H2,1-3H3. The molecule has 1 heterocycles. The Morgan fingerprint density at radius 2 is 2.05 bits per heavy atom. The highest BCUT2D eigenvalue weighted by Crippen LogP contribution is 2.37. The molecule has 1 fully saturated rings. The van der Waals surface area contributed by atoms with E-state index < -0.39 is 0 Å². The van der Waals surface area contributed by atoms with Crippen LogP contribution in [0.4, 0.5) is 0 Å². The Morgan fingerprint density at radius 1 is 1.33 bits per heavy atom. The van der Waals surface area contributed by atoms with Crippen molar-refractivity contribution in [2.75, 3.05) is 6.61 Å². The van der Waals surface area contributed by atoms with E-state index in [4.69, 9.17) is 10.5 Å². The van der Waals surface area contributed by atoms with Gasteiger partial charge in [0, 0.05) is 31.0 Å². The lowest BCUT2D eigenvalue weighted by molar-refractivity contribution is -0.0885. The summed E-state index contributed by atoms with van der Waals surface area (Å²) in [4.78, 5) is 4.55. The van der Waals surface area contributed by atoms with E-state index in [9.17, 15) is 0 Å². The molecule has 1 unspecified atom stereocenters. The Morgan fingerprint density at radius 3 is 2.57 bits per heavy atom. The van der Waals surface area contributed by atoms with Gasteiger partial charge >= 0.3 is 0 Å². The number of nitrogens with two attached hydrogens (primary N) is 1. The molecule has 21 heavy (non-hydrogen) atoms. The molecule has 1 aromatic heterocycles. The Kier molecular flexibility index (Phi) is 5.77. The second-order valence-corrected chi connectivity index (χ2v) is 6.50. The summed E-state index contributed by atoms with van der Waals surface area (Å²) < 4.78 is 6.14. The first-order chi connectivity index (χ1) is 10.1. The fraction of sp³-hybridized carbons (Fsp3) is 0.722. The van der Waals surface area contributed by atoms with Gasteiger partial charge in [0.05, 0.1) is 5.60 Å². The topological polar surface area (TPSA) is 48.1 Å². The predicted molar refractivity (Wildman–Crippen MR) is 87.3 cm³/mol. The maximum Gasteiger partial charge on any atom is 0.0836 e. The van der Waals surface area contributed by atoms with Crippen LogP contribution in [0.15, 0.2) is 18.3 Å². The zero-order valence-electron chi connectivity index (χ0n) is 13.8. The minimum Gasteiger partial charge on any atom is -0.374 e. The van der Waals surface area contributed by atoms with E-state index in [1.165, 1.54) is 18.4 Å². The van der Waals surface area contributed by atoms with Gasteiger partial charge in [-0.05, 0) is 56.6 Å². The van der Waals surface area contributed by atoms with Gasteiger partial charge in [-0.1, -0.05) is 19.9 Å². The number of hydrogen-bond acceptors (Lipinski definition) is 3. The van der Waals surface area contributed by atoms with Crippen molar-refractivity contribution >= 4 is 0 Å². The zero-order valence-corrected chi connectivity index (χ0v) is 13.8. The number of ether oxygens (including phenoxy) is 1. The summed E-state index contributed by atoms with van der Waals surface area (Å²) in [6.45, 7) is 7.28. The molecule has 1 aliphatic carbocycles. The lowest BCUT2D eigenvalue weighted by Crippen LogP contribution is -2.53. The van der Waals surface area contributed by atoms with Crippen LogP contribution in [0.25, 0.3) is 0 Å². The highest BCUT2D eigenvalue weighted by Gasteiger charge is 2.40. The molecule has 0 aromatic carbocycles. The van der Waals surface area contributed by atoms with Crippen LogP contribution in [0, 0.1) is 5.92 Å². The Balaban J connectivity index is 2.05. The van der Waals surface area contributed by atoms with Gasteiger partial charge in [0.1, 0.15) is 0 Å². The lowest BCUT2D eigenvalue weighted by Gasteiger charge is -2.43. The molecule has 1 saturated carbocycles. The molecule has 1 aliphatic rings. The second-order valence-electron chi connectivity index (χ2n) is 6.50. The van der Waals surface area contributed by atoms with Crippen LogP contribution in [0.5, 0.6) is 0 Å². The molecule has 0 spiro atoms. The first-order valence-electron chi connectivity index (χ1n) is 8.43. The van der Waals surface area contributed by atoms with E-state index in [2.05, 4.69) is 37.9 Å². The molecular weight excluding hydrogens is 260 g/mol. The molecule has 2 rings (SSSR count). The molecule has 0 amide bonds. The summed E-state index contributed by atoms with van der Waals surface area (Å²) in [7, 11) is 0. The van der Waals surface area contributed by atoms with E-state index in [0.717, 1.165) is 43.9 Å². The molecule has 0 aliphatic heterocycles. The molecular formula is C18H30N2O. The summed E-state index contributed by atoms with van der Waals surface area (Å²) in [5.41, 5.74) is 8.76. The quantitative estimate of drug-likeness (QED) is 0.872. The van der Waals surface area contributed by atoms with Crippen molar-refractivity contribution < 1.29 is 4.74 Å². The van der Waals surface area contributed by atoms with E-state index in [1.54, 1.807) is 0 Å². The molecule has 1 aromatic rings. The molecule has 3 nitrogen and oxygen atoms in total. The average Bonchev–Trinajstić information content (AvgIpc) is 2.51. The van der Waals surface area contributed by atoms with Gasteiger partial charge in [-0.3, -0.25) is 4.98 Å². The predicted octanol–water partition coefficient (Wildman–Crippen LogP) is 3.50. The van der Waals surface area contributed by atoms with Gasteiger partial charge in [-0.15, -0.1) is 0 Å². The van der Waals surface area contributed by atoms with E-state index in [0.29, 0.717) is 0 Å². The van der Waals surface area contributed by atoms with Crippen LogP contribution >= 0.6 is 0 Å². The number of aryl methyl sites for hydroxylation is 1. The first-order valence-corrected chi connectivity index (χ1v) is 8.43. The highest BCUT2D eigenvalue weighted by molar-refractivity contribution is 5.15. The lowest BCUT2D eigenvalue weighted by atomic mass is 9.74. The van der Waals surface area contributed by atoms with Crippen molar-refractivity contribution in [3.05, 3.63) is 29.6 Å². The monoisotopic (exact) mass is 290 g/mol. The van der Waals surface area contributed by atoms with Crippen LogP contribution < -0.4 is 5.73 Å². The van der Waals surface area contributed by atoms with E-state index in [-0.39, 0.29) is 11.6 Å². The first kappa shape index (κ1) is 16.4. The van der Waals surface area contributed by atoms with Crippen molar-refractivity contribution in [3.8, 4) is 0 Å². The molecule has 1 atom stereocenters. The largest absolute Gasteiger partial charge is 0.374 e. The number of rotatable bonds is 6. The average molecular weight is 290 g/mol. The summed E-state index contributed by atoms with van der Waals surface area (Å²) in [5.74, 6) is 0.799. The van der Waals surface area contributed by atoms with Crippen molar-refractivity contribution in [1.82, 2.24) is 4.98 Å². The maximum atomic E-state index is 6.55. The minimum absolute atomic E-state index is 0.0323. The summed E-state index contributed by atoms with van der Waals surface area (Å²) >= 11 is 0. The van der Waals surface area contributed by atoms with Gasteiger partial charge in [0.15, 0.2) is 0 Å². The normalized spacial score (nSPS) is 27.5. The van der Waals surface area contributed by atoms with Gasteiger partial charge < -0.3 is 10.5 Å². The zero-order chi connectivity index (χ0) is 15.3. The number of hydrogen-bond donors (Lipinski definition) is 1. The molecule has 118 valence electrons. The van der Waals surface area contributed by atoms with Crippen LogP contribution in [0.3, 0.4) is 0 Å². The number of aromatic nitrogens is 1. The van der Waals surface area contributed by atoms with Crippen LogP contribution in [-0.4, -0.2) is 23.2 Å². The molecule has 2 N–H and O–H groups in total. The Bertz CT molecular complexity index is 421.